The standard InChI is InChI=1S/C18H23F5O6S/c1-16(2,3)28-13-10-8-12(9-11-13)6-5-7-14(15(24)27-4)29-30(25,26)18(22,23)17(19,20)21/h8-11,14H,5-7H2,1-4H3. The van der Waals surface area contributed by atoms with Crippen molar-refractivity contribution in [1.82, 2.24) is 0 Å². The van der Waals surface area contributed by atoms with E-state index in [0.29, 0.717) is 5.75 Å². The minimum atomic E-state index is -6.47. The van der Waals surface area contributed by atoms with Crippen LogP contribution in [-0.4, -0.2) is 44.6 Å². The predicted octanol–water partition coefficient (Wildman–Crippen LogP) is 4.23. The van der Waals surface area contributed by atoms with Crippen molar-refractivity contribution >= 4 is 16.1 Å². The molecule has 12 heteroatoms. The summed E-state index contributed by atoms with van der Waals surface area (Å²) in [5, 5.41) is -6.17. The molecule has 1 atom stereocenters. The highest BCUT2D eigenvalue weighted by molar-refractivity contribution is 7.87. The van der Waals surface area contributed by atoms with Crippen LogP contribution in [0.15, 0.2) is 24.3 Å². The van der Waals surface area contributed by atoms with E-state index in [0.717, 1.165) is 12.7 Å². The number of hydrogen-bond donors (Lipinski definition) is 0. The molecule has 0 saturated carbocycles. The fourth-order valence-electron chi connectivity index (χ4n) is 2.26. The van der Waals surface area contributed by atoms with Crippen LogP contribution in [0.4, 0.5) is 22.0 Å². The summed E-state index contributed by atoms with van der Waals surface area (Å²) in [6.07, 6.45) is -8.69. The molecule has 0 heterocycles. The van der Waals surface area contributed by atoms with Gasteiger partial charge in [0.05, 0.1) is 7.11 Å². The van der Waals surface area contributed by atoms with Crippen LogP contribution in [0.1, 0.15) is 39.2 Å². The second-order valence-electron chi connectivity index (χ2n) is 7.33. The van der Waals surface area contributed by atoms with Gasteiger partial charge in [0.2, 0.25) is 0 Å². The molecule has 1 aromatic rings. The van der Waals surface area contributed by atoms with Crippen molar-refractivity contribution < 1.29 is 48.8 Å². The molecule has 0 saturated heterocycles. The van der Waals surface area contributed by atoms with Gasteiger partial charge in [0.15, 0.2) is 6.10 Å². The zero-order valence-electron chi connectivity index (χ0n) is 16.8. The molecule has 0 aliphatic heterocycles. The van der Waals surface area contributed by atoms with Gasteiger partial charge in [-0.15, -0.1) is 0 Å². The van der Waals surface area contributed by atoms with Crippen LogP contribution in [0.25, 0.3) is 0 Å². The van der Waals surface area contributed by atoms with Gasteiger partial charge in [0.25, 0.3) is 0 Å². The lowest BCUT2D eigenvalue weighted by atomic mass is 10.1. The zero-order valence-corrected chi connectivity index (χ0v) is 17.6. The van der Waals surface area contributed by atoms with E-state index in [2.05, 4.69) is 8.92 Å². The Kier molecular flexibility index (Phi) is 8.23. The maximum Gasteiger partial charge on any atom is 0.472 e. The summed E-state index contributed by atoms with van der Waals surface area (Å²) in [5.41, 5.74) is 0.333. The molecule has 0 fully saturated rings. The summed E-state index contributed by atoms with van der Waals surface area (Å²) in [4.78, 5) is 11.6. The second kappa shape index (κ2) is 9.46. The molecule has 1 aromatic carbocycles. The first-order chi connectivity index (χ1) is 13.5. The number of carbonyl (C=O) groups is 1. The van der Waals surface area contributed by atoms with E-state index in [1.54, 1.807) is 24.3 Å². The Morgan fingerprint density at radius 2 is 1.57 bits per heavy atom. The average Bonchev–Trinajstić information content (AvgIpc) is 2.59. The molecule has 172 valence electrons. The number of methoxy groups -OCH3 is 1. The number of benzene rings is 1. The van der Waals surface area contributed by atoms with Gasteiger partial charge < -0.3 is 9.47 Å². The summed E-state index contributed by atoms with van der Waals surface area (Å²) >= 11 is 0. The predicted molar refractivity (Wildman–Crippen MR) is 96.6 cm³/mol. The average molecular weight is 462 g/mol. The zero-order chi connectivity index (χ0) is 23.4. The highest BCUT2D eigenvalue weighted by Crippen LogP contribution is 2.41. The highest BCUT2D eigenvalue weighted by atomic mass is 32.2. The van der Waals surface area contributed by atoms with Crippen molar-refractivity contribution in [2.45, 2.75) is 63.2 Å². The van der Waals surface area contributed by atoms with Gasteiger partial charge in [0, 0.05) is 0 Å². The van der Waals surface area contributed by atoms with Crippen LogP contribution < -0.4 is 4.74 Å². The number of ether oxygens (including phenoxy) is 2. The van der Waals surface area contributed by atoms with E-state index < -0.39 is 45.6 Å². The van der Waals surface area contributed by atoms with E-state index >= 15 is 0 Å². The molecule has 0 aliphatic rings. The third-order valence-corrected chi connectivity index (χ3v) is 4.98. The Balaban J connectivity index is 2.80. The van der Waals surface area contributed by atoms with Crippen LogP contribution in [0.3, 0.4) is 0 Å². The van der Waals surface area contributed by atoms with E-state index in [9.17, 15) is 35.2 Å². The van der Waals surface area contributed by atoms with Crippen molar-refractivity contribution in [2.24, 2.45) is 0 Å². The van der Waals surface area contributed by atoms with Crippen LogP contribution >= 0.6 is 0 Å². The molecule has 6 nitrogen and oxygen atoms in total. The molecule has 0 spiro atoms. The summed E-state index contributed by atoms with van der Waals surface area (Å²) in [6.45, 7) is 5.60. The third kappa shape index (κ3) is 7.08. The Hall–Kier alpha value is -1.95. The van der Waals surface area contributed by atoms with Crippen LogP contribution in [0, 0.1) is 0 Å². The number of esters is 1. The number of rotatable bonds is 9. The molecule has 0 aliphatic carbocycles. The van der Waals surface area contributed by atoms with E-state index in [-0.39, 0.29) is 12.8 Å². The maximum absolute atomic E-state index is 13.2. The Morgan fingerprint density at radius 3 is 2.00 bits per heavy atom. The van der Waals surface area contributed by atoms with Crippen LogP contribution in [0.5, 0.6) is 5.75 Å². The molecule has 1 unspecified atom stereocenters. The number of alkyl halides is 5. The fraction of sp³-hybridized carbons (Fsp3) is 0.611. The van der Waals surface area contributed by atoms with Gasteiger partial charge >= 0.3 is 27.5 Å². The van der Waals surface area contributed by atoms with Crippen LogP contribution in [-0.2, 0) is 30.3 Å². The van der Waals surface area contributed by atoms with E-state index in [1.165, 1.54) is 0 Å². The van der Waals surface area contributed by atoms with Crippen molar-refractivity contribution in [3.63, 3.8) is 0 Å². The maximum atomic E-state index is 13.2. The van der Waals surface area contributed by atoms with Crippen molar-refractivity contribution in [3.05, 3.63) is 29.8 Å². The quantitative estimate of drug-likeness (QED) is 0.311. The molecule has 0 N–H and O–H groups in total. The van der Waals surface area contributed by atoms with Crippen molar-refractivity contribution in [1.29, 1.82) is 0 Å². The van der Waals surface area contributed by atoms with Crippen LogP contribution in [0.2, 0.25) is 0 Å². The van der Waals surface area contributed by atoms with Gasteiger partial charge in [-0.2, -0.15) is 30.4 Å². The summed E-state index contributed by atoms with van der Waals surface area (Å²) in [7, 11) is -5.65. The molecule has 0 radical (unpaired) electrons. The van der Waals surface area contributed by atoms with Crippen molar-refractivity contribution in [2.75, 3.05) is 7.11 Å². The molecule has 1 rings (SSSR count). The largest absolute Gasteiger partial charge is 0.488 e. The summed E-state index contributed by atoms with van der Waals surface area (Å²) in [5.74, 6) is -0.784. The number of aryl methyl sites for hydroxylation is 1. The monoisotopic (exact) mass is 462 g/mol. The lowest BCUT2D eigenvalue weighted by Crippen LogP contribution is -2.47. The van der Waals surface area contributed by atoms with E-state index in [1.807, 2.05) is 20.8 Å². The van der Waals surface area contributed by atoms with Gasteiger partial charge in [-0.3, -0.25) is 0 Å². The second-order valence-corrected chi connectivity index (χ2v) is 8.94. The highest BCUT2D eigenvalue weighted by Gasteiger charge is 2.69. The van der Waals surface area contributed by atoms with E-state index in [4.69, 9.17) is 4.74 Å². The Bertz CT molecular complexity index is 813. The van der Waals surface area contributed by atoms with Gasteiger partial charge in [0.1, 0.15) is 11.4 Å². The van der Waals surface area contributed by atoms with Gasteiger partial charge in [-0.05, 0) is 57.7 Å². The Morgan fingerprint density at radius 1 is 1.03 bits per heavy atom. The van der Waals surface area contributed by atoms with Gasteiger partial charge in [-0.1, -0.05) is 12.1 Å². The summed E-state index contributed by atoms with van der Waals surface area (Å²) < 4.78 is 100.0. The SMILES string of the molecule is COC(=O)C(CCCc1ccc(OC(C)(C)C)cc1)OS(=O)(=O)C(F)(F)C(F)(F)F. The molecule has 0 bridgehead atoms. The normalized spacial score (nSPS) is 14.3. The molecule has 0 amide bonds. The smallest absolute Gasteiger partial charge is 0.472 e. The topological polar surface area (TPSA) is 78.9 Å². The lowest BCUT2D eigenvalue weighted by Gasteiger charge is -2.22. The minimum absolute atomic E-state index is 0.0480. The van der Waals surface area contributed by atoms with Crippen molar-refractivity contribution in [3.8, 4) is 5.75 Å². The number of halogens is 5. The third-order valence-electron chi connectivity index (χ3n) is 3.63. The number of carbonyl (C=O) groups excluding carboxylic acids is 1. The van der Waals surface area contributed by atoms with Gasteiger partial charge in [-0.25, -0.2) is 8.98 Å². The summed E-state index contributed by atoms with van der Waals surface area (Å²) in [6, 6.07) is 6.76. The molecule has 30 heavy (non-hydrogen) atoms. The molecule has 0 aromatic heterocycles. The molecular weight excluding hydrogens is 439 g/mol. The first-order valence-electron chi connectivity index (χ1n) is 8.73. The first kappa shape index (κ1) is 26.1. The number of hydrogen-bond acceptors (Lipinski definition) is 6. The minimum Gasteiger partial charge on any atom is -0.488 e. The molecular formula is C18H23F5O6S. The Labute approximate surface area is 171 Å². The lowest BCUT2D eigenvalue weighted by molar-refractivity contribution is -0.244. The fourth-order valence-corrected chi connectivity index (χ4v) is 3.15. The first-order valence-corrected chi connectivity index (χ1v) is 10.1.